The van der Waals surface area contributed by atoms with Crippen LogP contribution in [0.25, 0.3) is 87.7 Å². The number of fused-ring (bicyclic) bond motifs is 9. The van der Waals surface area contributed by atoms with Crippen molar-refractivity contribution in [3.63, 3.8) is 0 Å². The Labute approximate surface area is 403 Å². The molecule has 0 saturated heterocycles. The highest BCUT2D eigenvalue weighted by molar-refractivity contribution is 7.80. The molecular formula is C62H40N2O2S2. The van der Waals surface area contributed by atoms with Gasteiger partial charge in [-0.05, 0) is 165 Å². The Kier molecular flexibility index (Phi) is 9.63. The molecule has 13 aromatic rings. The highest BCUT2D eigenvalue weighted by Gasteiger charge is 2.21. The lowest BCUT2D eigenvalue weighted by atomic mass is 10.00. The number of benzene rings is 11. The van der Waals surface area contributed by atoms with Gasteiger partial charge in [-0.15, -0.1) is 25.3 Å². The lowest BCUT2D eigenvalue weighted by Gasteiger charge is -2.26. The van der Waals surface area contributed by atoms with Crippen LogP contribution in [0.4, 0.5) is 34.1 Å². The zero-order valence-corrected chi connectivity index (χ0v) is 38.3. The third kappa shape index (κ3) is 6.88. The number of hydrogen-bond acceptors (Lipinski definition) is 6. The molecule has 0 N–H and O–H groups in total. The van der Waals surface area contributed by atoms with Crippen LogP contribution in [0.3, 0.4) is 0 Å². The predicted molar refractivity (Wildman–Crippen MR) is 291 cm³/mol. The number of hydrogen-bond donors (Lipinski definition) is 2. The largest absolute Gasteiger partial charge is 0.456 e. The second kappa shape index (κ2) is 16.3. The summed E-state index contributed by atoms with van der Waals surface area (Å²) in [5.74, 6) is 0. The molecule has 11 aromatic carbocycles. The van der Waals surface area contributed by atoms with Crippen LogP contribution in [0, 0.1) is 0 Å². The molecule has 322 valence electrons. The van der Waals surface area contributed by atoms with E-state index in [1.165, 1.54) is 0 Å². The fraction of sp³-hybridized carbons (Fsp3) is 0. The van der Waals surface area contributed by atoms with E-state index < -0.39 is 0 Å². The van der Waals surface area contributed by atoms with Gasteiger partial charge in [0.2, 0.25) is 0 Å². The molecule has 0 amide bonds. The second-order valence-electron chi connectivity index (χ2n) is 17.3. The molecule has 0 aliphatic rings. The molecule has 0 fully saturated rings. The molecule has 0 radical (unpaired) electrons. The minimum Gasteiger partial charge on any atom is -0.456 e. The van der Waals surface area contributed by atoms with E-state index in [-0.39, 0.29) is 0 Å². The van der Waals surface area contributed by atoms with Crippen LogP contribution in [0.15, 0.2) is 249 Å². The van der Waals surface area contributed by atoms with Gasteiger partial charge in [-0.1, -0.05) is 109 Å². The average Bonchev–Trinajstić information content (AvgIpc) is 3.93. The molecule has 0 saturated carbocycles. The predicted octanol–water partition coefficient (Wildman–Crippen LogP) is 18.6. The smallest absolute Gasteiger partial charge is 0.136 e. The number of para-hydroxylation sites is 2. The van der Waals surface area contributed by atoms with Gasteiger partial charge in [-0.25, -0.2) is 0 Å². The average molecular weight is 909 g/mol. The van der Waals surface area contributed by atoms with Crippen LogP contribution in [0.5, 0.6) is 0 Å². The zero-order chi connectivity index (χ0) is 45.3. The summed E-state index contributed by atoms with van der Waals surface area (Å²) in [5, 5.41) is 8.65. The summed E-state index contributed by atoms with van der Waals surface area (Å²) >= 11 is 9.65. The van der Waals surface area contributed by atoms with E-state index in [0.717, 1.165) is 132 Å². The normalized spacial score (nSPS) is 11.7. The maximum Gasteiger partial charge on any atom is 0.136 e. The van der Waals surface area contributed by atoms with Crippen molar-refractivity contribution in [1.29, 1.82) is 0 Å². The molecule has 68 heavy (non-hydrogen) atoms. The third-order valence-electron chi connectivity index (χ3n) is 13.1. The van der Waals surface area contributed by atoms with Crippen LogP contribution in [0.2, 0.25) is 0 Å². The minimum atomic E-state index is 0.827. The lowest BCUT2D eigenvalue weighted by molar-refractivity contribution is 0.663. The molecule has 4 nitrogen and oxygen atoms in total. The summed E-state index contributed by atoms with van der Waals surface area (Å²) in [6.45, 7) is 0. The summed E-state index contributed by atoms with van der Waals surface area (Å²) in [4.78, 5) is 6.49. The maximum atomic E-state index is 6.72. The maximum absolute atomic E-state index is 6.72. The fourth-order valence-electron chi connectivity index (χ4n) is 9.96. The highest BCUT2D eigenvalue weighted by atomic mass is 32.1. The van der Waals surface area contributed by atoms with Crippen LogP contribution in [-0.4, -0.2) is 0 Å². The van der Waals surface area contributed by atoms with Crippen molar-refractivity contribution in [1.82, 2.24) is 0 Å². The first-order valence-electron chi connectivity index (χ1n) is 22.7. The minimum absolute atomic E-state index is 0.827. The van der Waals surface area contributed by atoms with Gasteiger partial charge in [0.05, 0.1) is 0 Å². The van der Waals surface area contributed by atoms with E-state index in [1.54, 1.807) is 0 Å². The molecule has 0 aliphatic carbocycles. The summed E-state index contributed by atoms with van der Waals surface area (Å²) in [5.41, 5.74) is 14.1. The van der Waals surface area contributed by atoms with Crippen molar-refractivity contribution in [2.75, 3.05) is 9.80 Å². The van der Waals surface area contributed by atoms with E-state index >= 15 is 0 Å². The van der Waals surface area contributed by atoms with Crippen molar-refractivity contribution < 1.29 is 8.83 Å². The lowest BCUT2D eigenvalue weighted by Crippen LogP contribution is -2.10. The molecule has 0 atom stereocenters. The quantitative estimate of drug-likeness (QED) is 0.149. The summed E-state index contributed by atoms with van der Waals surface area (Å²) < 4.78 is 13.4. The van der Waals surface area contributed by atoms with E-state index in [0.29, 0.717) is 0 Å². The van der Waals surface area contributed by atoms with Gasteiger partial charge in [-0.2, -0.15) is 0 Å². The molecule has 0 unspecified atom stereocenters. The second-order valence-corrected chi connectivity index (χ2v) is 18.2. The number of rotatable bonds is 8. The van der Waals surface area contributed by atoms with Crippen molar-refractivity contribution in [3.05, 3.63) is 231 Å². The molecule has 0 bridgehead atoms. The summed E-state index contributed by atoms with van der Waals surface area (Å²) in [7, 11) is 0. The van der Waals surface area contributed by atoms with Gasteiger partial charge in [0, 0.05) is 65.5 Å². The van der Waals surface area contributed by atoms with Gasteiger partial charge in [0.1, 0.15) is 22.3 Å². The zero-order valence-electron chi connectivity index (χ0n) is 36.5. The Hall–Kier alpha value is -8.16. The molecule has 13 rings (SSSR count). The first kappa shape index (κ1) is 40.1. The Morgan fingerprint density at radius 2 is 0.735 bits per heavy atom. The Balaban J connectivity index is 0.915. The summed E-state index contributed by atoms with van der Waals surface area (Å²) in [6, 6.07) is 81.2. The molecule has 0 spiro atoms. The molecular weight excluding hydrogens is 869 g/mol. The van der Waals surface area contributed by atoms with E-state index in [9.17, 15) is 0 Å². The number of furan rings is 2. The summed E-state index contributed by atoms with van der Waals surface area (Å²) in [6.07, 6.45) is 0. The third-order valence-corrected chi connectivity index (χ3v) is 13.9. The Morgan fingerprint density at radius 3 is 1.31 bits per heavy atom. The highest BCUT2D eigenvalue weighted by Crippen LogP contribution is 2.45. The van der Waals surface area contributed by atoms with E-state index in [1.807, 2.05) is 30.3 Å². The fourth-order valence-corrected chi connectivity index (χ4v) is 10.5. The van der Waals surface area contributed by atoms with Gasteiger partial charge >= 0.3 is 0 Å². The van der Waals surface area contributed by atoms with Crippen molar-refractivity contribution >= 4 is 125 Å². The van der Waals surface area contributed by atoms with Crippen LogP contribution >= 0.6 is 25.3 Å². The van der Waals surface area contributed by atoms with E-state index in [4.69, 9.17) is 34.1 Å². The van der Waals surface area contributed by atoms with Crippen LogP contribution in [0.1, 0.15) is 0 Å². The first-order valence-corrected chi connectivity index (χ1v) is 23.6. The monoisotopic (exact) mass is 908 g/mol. The Morgan fingerprint density at radius 1 is 0.279 bits per heavy atom. The van der Waals surface area contributed by atoms with Crippen molar-refractivity contribution in [2.45, 2.75) is 9.79 Å². The number of anilines is 6. The van der Waals surface area contributed by atoms with E-state index in [2.05, 4.69) is 210 Å². The molecule has 2 heterocycles. The number of thiol groups is 2. The Bertz CT molecular complexity index is 4070. The molecule has 2 aromatic heterocycles. The van der Waals surface area contributed by atoms with Gasteiger partial charge in [0.25, 0.3) is 0 Å². The SMILES string of the molecule is Sc1ccccc1-c1cccc(N(c2ccccc2)c2ccc3cc4c(cc3c2)oc2ccc3oc5cc6cc(N(c7ccccc7)c7ccc(S)c(-c8ccccc8)c7)ccc6cc5c3c24)c1. The number of nitrogens with zero attached hydrogens (tertiary/aromatic N) is 2. The van der Waals surface area contributed by atoms with Gasteiger partial charge in [0.15, 0.2) is 0 Å². The van der Waals surface area contributed by atoms with Crippen LogP contribution in [-0.2, 0) is 0 Å². The van der Waals surface area contributed by atoms with Gasteiger partial charge in [-0.3, -0.25) is 0 Å². The molecule has 6 heteroatoms. The van der Waals surface area contributed by atoms with Crippen molar-refractivity contribution in [2.24, 2.45) is 0 Å². The topological polar surface area (TPSA) is 32.8 Å². The molecule has 0 aliphatic heterocycles. The van der Waals surface area contributed by atoms with Crippen molar-refractivity contribution in [3.8, 4) is 22.3 Å². The van der Waals surface area contributed by atoms with Gasteiger partial charge < -0.3 is 18.6 Å². The standard InChI is InChI=1S/C62H40N2O2S2/c67-59-22-11-10-21-51(59)42-15-12-20-47(31-42)63(45-16-6-2-7-17-45)48-25-23-40-34-53-57(36-43(40)32-48)65-55-28-29-56-62(61(53)55)54-35-41-24-26-49(33-44(41)37-58(54)66-56)64(46-18-8-3-9-19-46)50-27-30-60(68)52(38-50)39-13-4-1-5-14-39/h1-38,67-68H. The first-order chi connectivity index (χ1) is 33.5. The van der Waals surface area contributed by atoms with Crippen LogP contribution < -0.4 is 9.80 Å².